The van der Waals surface area contributed by atoms with Crippen molar-refractivity contribution in [3.63, 3.8) is 0 Å². The fraction of sp³-hybridized carbons (Fsp3) is 0.857. The molecule has 0 spiro atoms. The fourth-order valence-corrected chi connectivity index (χ4v) is 2.62. The lowest BCUT2D eigenvalue weighted by molar-refractivity contribution is -0.144. The number of piperidine rings is 1. The van der Waals surface area contributed by atoms with Gasteiger partial charge in [-0.15, -0.1) is 0 Å². The Morgan fingerprint density at radius 3 is 2.32 bits per heavy atom. The van der Waals surface area contributed by atoms with Crippen LogP contribution in [0.25, 0.3) is 0 Å². The third-order valence-corrected chi connectivity index (χ3v) is 4.08. The fourth-order valence-electron chi connectivity index (χ4n) is 2.62. The van der Waals surface area contributed by atoms with Gasteiger partial charge in [0.05, 0.1) is 0 Å². The third-order valence-electron chi connectivity index (χ3n) is 4.08. The van der Waals surface area contributed by atoms with Crippen molar-refractivity contribution < 1.29 is 9.59 Å². The number of carbonyl (C=O) groups excluding carboxylic acids is 2. The van der Waals surface area contributed by atoms with E-state index < -0.39 is 5.41 Å². The zero-order valence-corrected chi connectivity index (χ0v) is 12.1. The van der Waals surface area contributed by atoms with Crippen LogP contribution >= 0.6 is 0 Å². The molecule has 2 rings (SSSR count). The van der Waals surface area contributed by atoms with E-state index in [1.54, 1.807) is 0 Å². The van der Waals surface area contributed by atoms with Gasteiger partial charge in [-0.25, -0.2) is 0 Å². The Morgan fingerprint density at radius 1 is 1.16 bits per heavy atom. The van der Waals surface area contributed by atoms with Crippen LogP contribution in [0.5, 0.6) is 0 Å². The molecular weight excluding hydrogens is 242 g/mol. The number of carbonyl (C=O) groups is 2. The molecule has 0 unspecified atom stereocenters. The van der Waals surface area contributed by atoms with Gasteiger partial charge in [0.1, 0.15) is 5.41 Å². The Labute approximate surface area is 115 Å². The first-order valence-corrected chi connectivity index (χ1v) is 7.29. The zero-order valence-electron chi connectivity index (χ0n) is 12.1. The summed E-state index contributed by atoms with van der Waals surface area (Å²) in [6, 6.07) is 0. The second-order valence-electron chi connectivity index (χ2n) is 5.99. The Balaban J connectivity index is 1.86. The molecule has 0 aromatic rings. The van der Waals surface area contributed by atoms with Crippen LogP contribution in [0.3, 0.4) is 0 Å². The van der Waals surface area contributed by atoms with Gasteiger partial charge in [-0.1, -0.05) is 0 Å². The van der Waals surface area contributed by atoms with Gasteiger partial charge >= 0.3 is 0 Å². The van der Waals surface area contributed by atoms with E-state index in [4.69, 9.17) is 0 Å². The minimum absolute atomic E-state index is 0.0644. The zero-order chi connectivity index (χ0) is 13.9. The van der Waals surface area contributed by atoms with Crippen LogP contribution in [0.15, 0.2) is 0 Å². The topological polar surface area (TPSA) is 52.7 Å². The molecule has 1 heterocycles. The highest BCUT2D eigenvalue weighted by Crippen LogP contribution is 2.47. The highest BCUT2D eigenvalue weighted by Gasteiger charge is 2.57. The van der Waals surface area contributed by atoms with Crippen molar-refractivity contribution in [3.05, 3.63) is 0 Å². The first-order valence-electron chi connectivity index (χ1n) is 7.29. The standard InChI is InChI=1S/C14H25N3O2/c1-16(2)11-8-15-12(18)14(6-7-14)13(19)17-9-4-3-5-10-17/h3-11H2,1-2H3,(H,15,18). The first-order chi connectivity index (χ1) is 9.06. The summed E-state index contributed by atoms with van der Waals surface area (Å²) in [6.07, 6.45) is 4.78. The summed E-state index contributed by atoms with van der Waals surface area (Å²) in [5.41, 5.74) is -0.719. The van der Waals surface area contributed by atoms with Gasteiger partial charge in [-0.2, -0.15) is 0 Å². The van der Waals surface area contributed by atoms with Crippen molar-refractivity contribution in [3.8, 4) is 0 Å². The molecule has 0 atom stereocenters. The number of hydrogen-bond acceptors (Lipinski definition) is 3. The Hall–Kier alpha value is -1.10. The van der Waals surface area contributed by atoms with E-state index in [-0.39, 0.29) is 11.8 Å². The number of likely N-dealkylation sites (tertiary alicyclic amines) is 1. The molecule has 19 heavy (non-hydrogen) atoms. The lowest BCUT2D eigenvalue weighted by Crippen LogP contribution is -2.47. The number of amides is 2. The highest BCUT2D eigenvalue weighted by molar-refractivity contribution is 6.07. The molecule has 1 aliphatic carbocycles. The minimum atomic E-state index is -0.719. The summed E-state index contributed by atoms with van der Waals surface area (Å²) >= 11 is 0. The van der Waals surface area contributed by atoms with Gasteiger partial charge < -0.3 is 15.1 Å². The lowest BCUT2D eigenvalue weighted by atomic mass is 10.0. The van der Waals surface area contributed by atoms with Gasteiger partial charge in [-0.3, -0.25) is 9.59 Å². The molecule has 1 N–H and O–H groups in total. The smallest absolute Gasteiger partial charge is 0.238 e. The molecule has 2 amide bonds. The largest absolute Gasteiger partial charge is 0.354 e. The number of nitrogens with one attached hydrogen (secondary N) is 1. The van der Waals surface area contributed by atoms with Gasteiger partial charge in [-0.05, 0) is 46.2 Å². The number of likely N-dealkylation sites (N-methyl/N-ethyl adjacent to an activating group) is 1. The predicted molar refractivity (Wildman–Crippen MR) is 73.7 cm³/mol. The summed E-state index contributed by atoms with van der Waals surface area (Å²) in [6.45, 7) is 3.07. The molecule has 1 aliphatic heterocycles. The molecular formula is C14H25N3O2. The van der Waals surface area contributed by atoms with Crippen molar-refractivity contribution in [2.45, 2.75) is 32.1 Å². The van der Waals surface area contributed by atoms with Crippen LogP contribution < -0.4 is 5.32 Å². The maximum absolute atomic E-state index is 12.5. The number of hydrogen-bond donors (Lipinski definition) is 1. The van der Waals surface area contributed by atoms with Gasteiger partial charge in [0.25, 0.3) is 0 Å². The molecule has 1 saturated heterocycles. The molecule has 5 nitrogen and oxygen atoms in total. The average Bonchev–Trinajstić information content (AvgIpc) is 3.20. The molecule has 1 saturated carbocycles. The van der Waals surface area contributed by atoms with Crippen LogP contribution in [0, 0.1) is 5.41 Å². The van der Waals surface area contributed by atoms with Gasteiger partial charge in [0.15, 0.2) is 0 Å². The van der Waals surface area contributed by atoms with Crippen molar-refractivity contribution in [1.82, 2.24) is 15.1 Å². The molecule has 5 heteroatoms. The summed E-state index contributed by atoms with van der Waals surface area (Å²) in [7, 11) is 3.94. The molecule has 0 aromatic carbocycles. The van der Waals surface area contributed by atoms with Crippen LogP contribution in [-0.2, 0) is 9.59 Å². The number of rotatable bonds is 5. The maximum atomic E-state index is 12.5. The van der Waals surface area contributed by atoms with E-state index in [1.165, 1.54) is 6.42 Å². The van der Waals surface area contributed by atoms with Crippen LogP contribution in [0.2, 0.25) is 0 Å². The van der Waals surface area contributed by atoms with E-state index in [1.807, 2.05) is 23.9 Å². The monoisotopic (exact) mass is 267 g/mol. The summed E-state index contributed by atoms with van der Waals surface area (Å²) in [5, 5.41) is 2.91. The Bertz CT molecular complexity index is 345. The minimum Gasteiger partial charge on any atom is -0.354 e. The van der Waals surface area contributed by atoms with E-state index in [2.05, 4.69) is 5.32 Å². The van der Waals surface area contributed by atoms with Crippen LogP contribution in [0.4, 0.5) is 0 Å². The SMILES string of the molecule is CN(C)CCNC(=O)C1(C(=O)N2CCCCC2)CC1. The van der Waals surface area contributed by atoms with Gasteiger partial charge in [0, 0.05) is 26.2 Å². The summed E-state index contributed by atoms with van der Waals surface area (Å²) < 4.78 is 0. The first kappa shape index (κ1) is 14.3. The van der Waals surface area contributed by atoms with Crippen molar-refractivity contribution in [2.24, 2.45) is 5.41 Å². The third kappa shape index (κ3) is 3.26. The van der Waals surface area contributed by atoms with E-state index in [9.17, 15) is 9.59 Å². The van der Waals surface area contributed by atoms with Crippen molar-refractivity contribution in [2.75, 3.05) is 40.3 Å². The molecule has 0 radical (unpaired) electrons. The predicted octanol–water partition coefficient (Wildman–Crippen LogP) is 0.457. The van der Waals surface area contributed by atoms with Crippen LogP contribution in [0.1, 0.15) is 32.1 Å². The molecule has 2 fully saturated rings. The number of nitrogens with zero attached hydrogens (tertiary/aromatic N) is 2. The molecule has 0 aromatic heterocycles. The second kappa shape index (κ2) is 5.90. The van der Waals surface area contributed by atoms with Crippen molar-refractivity contribution >= 4 is 11.8 Å². The van der Waals surface area contributed by atoms with Crippen molar-refractivity contribution in [1.29, 1.82) is 0 Å². The van der Waals surface area contributed by atoms with Crippen LogP contribution in [-0.4, -0.2) is 61.9 Å². The Kier molecular flexibility index (Phi) is 4.45. The van der Waals surface area contributed by atoms with Gasteiger partial charge in [0.2, 0.25) is 11.8 Å². The second-order valence-corrected chi connectivity index (χ2v) is 5.99. The quantitative estimate of drug-likeness (QED) is 0.736. The van der Waals surface area contributed by atoms with E-state index in [0.717, 1.165) is 45.3 Å². The van der Waals surface area contributed by atoms with E-state index >= 15 is 0 Å². The maximum Gasteiger partial charge on any atom is 0.238 e. The molecule has 2 aliphatic rings. The highest BCUT2D eigenvalue weighted by atomic mass is 16.2. The summed E-state index contributed by atoms with van der Waals surface area (Å²) in [5.74, 6) is -0.000485. The average molecular weight is 267 g/mol. The molecule has 0 bridgehead atoms. The summed E-state index contributed by atoms with van der Waals surface area (Å²) in [4.78, 5) is 28.6. The Morgan fingerprint density at radius 2 is 1.79 bits per heavy atom. The van der Waals surface area contributed by atoms with E-state index in [0.29, 0.717) is 6.54 Å². The lowest BCUT2D eigenvalue weighted by Gasteiger charge is -2.30. The molecule has 108 valence electrons. The normalized spacial score (nSPS) is 21.3.